The van der Waals surface area contributed by atoms with Crippen molar-refractivity contribution in [2.45, 2.75) is 10.1 Å². The molecule has 4 rings (SSSR count). The second kappa shape index (κ2) is 8.49. The van der Waals surface area contributed by atoms with Gasteiger partial charge in [0, 0.05) is 24.8 Å². The maximum Gasteiger partial charge on any atom is 0.277 e. The number of thioether (sulfide) groups is 1. The molecular weight excluding hydrogens is 416 g/mol. The lowest BCUT2D eigenvalue weighted by molar-refractivity contribution is 0.0730. The minimum absolute atomic E-state index is 0.0849. The number of benzene rings is 1. The predicted molar refractivity (Wildman–Crippen MR) is 105 cm³/mol. The molecule has 3 aromatic rings. The molecule has 152 valence electrons. The fourth-order valence-corrected chi connectivity index (χ4v) is 4.92. The molecule has 0 atom stereocenters. The van der Waals surface area contributed by atoms with Gasteiger partial charge >= 0.3 is 0 Å². The van der Waals surface area contributed by atoms with E-state index in [-0.39, 0.29) is 27.5 Å². The monoisotopic (exact) mass is 434 g/mol. The van der Waals surface area contributed by atoms with Gasteiger partial charge in [0.2, 0.25) is 15.9 Å². The van der Waals surface area contributed by atoms with Crippen LogP contribution in [-0.2, 0) is 14.8 Å². The van der Waals surface area contributed by atoms with Crippen LogP contribution in [-0.4, -0.2) is 65.7 Å². The number of morpholine rings is 1. The first-order valence-corrected chi connectivity index (χ1v) is 11.3. The molecule has 0 aliphatic carbocycles. The van der Waals surface area contributed by atoms with Gasteiger partial charge in [-0.15, -0.1) is 10.2 Å². The van der Waals surface area contributed by atoms with Gasteiger partial charge in [0.25, 0.3) is 5.22 Å². The highest BCUT2D eigenvalue weighted by atomic mass is 32.2. The van der Waals surface area contributed by atoms with E-state index in [1.165, 1.54) is 16.4 Å². The Morgan fingerprint density at radius 2 is 2.00 bits per heavy atom. The Balaban J connectivity index is 1.48. The molecule has 0 spiro atoms. The van der Waals surface area contributed by atoms with Gasteiger partial charge < -0.3 is 14.1 Å². The molecule has 1 saturated heterocycles. The summed E-state index contributed by atoms with van der Waals surface area (Å²) in [5.74, 6) is 0.255. The average Bonchev–Trinajstić information content (AvgIpc) is 3.45. The highest BCUT2D eigenvalue weighted by molar-refractivity contribution is 7.99. The molecule has 29 heavy (non-hydrogen) atoms. The minimum atomic E-state index is -3.62. The van der Waals surface area contributed by atoms with Crippen molar-refractivity contribution in [1.29, 1.82) is 0 Å². The topological polar surface area (TPSA) is 118 Å². The molecule has 1 aromatic carbocycles. The fraction of sp³-hybridized carbons (Fsp3) is 0.278. The summed E-state index contributed by atoms with van der Waals surface area (Å²) in [6, 6.07) is 9.83. The van der Waals surface area contributed by atoms with Gasteiger partial charge in [0.1, 0.15) is 0 Å². The third-order valence-electron chi connectivity index (χ3n) is 4.32. The summed E-state index contributed by atoms with van der Waals surface area (Å²) in [7, 11) is -3.62. The van der Waals surface area contributed by atoms with Crippen LogP contribution >= 0.6 is 11.8 Å². The van der Waals surface area contributed by atoms with Gasteiger partial charge in [-0.2, -0.15) is 4.31 Å². The molecular formula is C18H18N4O5S2. The Labute approximate surface area is 171 Å². The van der Waals surface area contributed by atoms with Crippen LogP contribution in [0.4, 0.5) is 0 Å². The number of hydrogen-bond acceptors (Lipinski definition) is 8. The first-order valence-electron chi connectivity index (χ1n) is 8.85. The molecule has 3 heterocycles. The molecule has 1 aliphatic rings. The van der Waals surface area contributed by atoms with E-state index in [9.17, 15) is 13.2 Å². The van der Waals surface area contributed by atoms with E-state index in [0.29, 0.717) is 37.6 Å². The molecule has 0 amide bonds. The molecule has 1 fully saturated rings. The number of rotatable bonds is 7. The lowest BCUT2D eigenvalue weighted by Gasteiger charge is -2.26. The fourth-order valence-electron chi connectivity index (χ4n) is 2.82. The van der Waals surface area contributed by atoms with E-state index in [2.05, 4.69) is 15.2 Å². The number of hydrogen-bond donors (Lipinski definition) is 1. The number of nitrogens with zero attached hydrogens (tertiary/aromatic N) is 3. The van der Waals surface area contributed by atoms with Gasteiger partial charge in [-0.05, 0) is 30.3 Å². The summed E-state index contributed by atoms with van der Waals surface area (Å²) < 4.78 is 37.9. The van der Waals surface area contributed by atoms with E-state index < -0.39 is 10.0 Å². The standard InChI is InChI=1S/C18H18N4O5S2/c23-16(15-5-2-6-19-15)12-28-18-21-20-17(27-18)13-3-1-4-14(11-13)29(24,25)22-7-9-26-10-8-22/h1-6,11,19H,7-10,12H2. The summed E-state index contributed by atoms with van der Waals surface area (Å²) in [5, 5.41) is 8.15. The van der Waals surface area contributed by atoms with Gasteiger partial charge in [-0.1, -0.05) is 17.8 Å². The smallest absolute Gasteiger partial charge is 0.277 e. The van der Waals surface area contributed by atoms with Crippen LogP contribution in [0.2, 0.25) is 0 Å². The van der Waals surface area contributed by atoms with Crippen molar-refractivity contribution in [3.8, 4) is 11.5 Å². The van der Waals surface area contributed by atoms with Gasteiger partial charge in [0.15, 0.2) is 5.78 Å². The first kappa shape index (κ1) is 19.8. The van der Waals surface area contributed by atoms with Crippen LogP contribution in [0, 0.1) is 0 Å². The number of ether oxygens (including phenoxy) is 1. The summed E-state index contributed by atoms with van der Waals surface area (Å²) in [4.78, 5) is 15.1. The number of carbonyl (C=O) groups is 1. The summed E-state index contributed by atoms with van der Waals surface area (Å²) >= 11 is 1.12. The zero-order chi connectivity index (χ0) is 20.3. The van der Waals surface area contributed by atoms with E-state index in [4.69, 9.17) is 9.15 Å². The van der Waals surface area contributed by atoms with Crippen LogP contribution < -0.4 is 0 Å². The third kappa shape index (κ3) is 4.42. The van der Waals surface area contributed by atoms with Crippen LogP contribution in [0.25, 0.3) is 11.5 Å². The van der Waals surface area contributed by atoms with Crippen molar-refractivity contribution < 1.29 is 22.4 Å². The molecule has 9 nitrogen and oxygen atoms in total. The van der Waals surface area contributed by atoms with Crippen molar-refractivity contribution in [3.63, 3.8) is 0 Å². The predicted octanol–water partition coefficient (Wildman–Crippen LogP) is 2.06. The second-order valence-electron chi connectivity index (χ2n) is 6.21. The van der Waals surface area contributed by atoms with Crippen molar-refractivity contribution in [2.75, 3.05) is 32.1 Å². The largest absolute Gasteiger partial charge is 0.411 e. The number of aromatic nitrogens is 3. The number of H-pyrrole nitrogens is 1. The highest BCUT2D eigenvalue weighted by Crippen LogP contribution is 2.26. The van der Waals surface area contributed by atoms with Crippen LogP contribution in [0.5, 0.6) is 0 Å². The third-order valence-corrected chi connectivity index (χ3v) is 7.03. The summed E-state index contributed by atoms with van der Waals surface area (Å²) in [5.41, 5.74) is 1.01. The molecule has 0 saturated carbocycles. The Hall–Kier alpha value is -2.47. The molecule has 1 aliphatic heterocycles. The molecule has 0 bridgehead atoms. The Morgan fingerprint density at radius 3 is 2.76 bits per heavy atom. The van der Waals surface area contributed by atoms with Crippen LogP contribution in [0.1, 0.15) is 10.5 Å². The number of nitrogens with one attached hydrogen (secondary N) is 1. The minimum Gasteiger partial charge on any atom is -0.411 e. The molecule has 0 radical (unpaired) electrons. The highest BCUT2D eigenvalue weighted by Gasteiger charge is 2.27. The Bertz CT molecular complexity index is 1090. The van der Waals surface area contributed by atoms with Crippen molar-refractivity contribution in [1.82, 2.24) is 19.5 Å². The molecule has 2 aromatic heterocycles. The van der Waals surface area contributed by atoms with Crippen molar-refractivity contribution in [3.05, 3.63) is 48.3 Å². The van der Waals surface area contributed by atoms with Crippen LogP contribution in [0.3, 0.4) is 0 Å². The van der Waals surface area contributed by atoms with Crippen molar-refractivity contribution in [2.24, 2.45) is 0 Å². The Morgan fingerprint density at radius 1 is 1.17 bits per heavy atom. The quantitative estimate of drug-likeness (QED) is 0.443. The van der Waals surface area contributed by atoms with Gasteiger partial charge in [-0.3, -0.25) is 4.79 Å². The van der Waals surface area contributed by atoms with E-state index in [1.54, 1.807) is 30.5 Å². The molecule has 0 unspecified atom stereocenters. The lowest BCUT2D eigenvalue weighted by atomic mass is 10.2. The van der Waals surface area contributed by atoms with Gasteiger partial charge in [0.05, 0.1) is 29.6 Å². The lowest BCUT2D eigenvalue weighted by Crippen LogP contribution is -2.40. The number of sulfonamides is 1. The maximum absolute atomic E-state index is 12.8. The average molecular weight is 434 g/mol. The van der Waals surface area contributed by atoms with Gasteiger partial charge in [-0.25, -0.2) is 8.42 Å². The molecule has 11 heteroatoms. The summed E-state index contributed by atoms with van der Waals surface area (Å²) in [6.45, 7) is 1.40. The normalized spacial score (nSPS) is 15.4. The van der Waals surface area contributed by atoms with E-state index >= 15 is 0 Å². The van der Waals surface area contributed by atoms with E-state index in [0.717, 1.165) is 11.8 Å². The van der Waals surface area contributed by atoms with Crippen molar-refractivity contribution >= 4 is 27.6 Å². The first-order chi connectivity index (χ1) is 14.0. The van der Waals surface area contributed by atoms with E-state index in [1.807, 2.05) is 0 Å². The zero-order valence-corrected chi connectivity index (χ0v) is 16.9. The molecule has 1 N–H and O–H groups in total. The maximum atomic E-state index is 12.8. The van der Waals surface area contributed by atoms with Crippen LogP contribution in [0.15, 0.2) is 57.1 Å². The SMILES string of the molecule is O=C(CSc1nnc(-c2cccc(S(=O)(=O)N3CCOCC3)c2)o1)c1ccc[nH]1. The zero-order valence-electron chi connectivity index (χ0n) is 15.3. The number of Topliss-reactive ketones (excluding diaryl/α,β-unsaturated/α-hetero) is 1. The summed E-state index contributed by atoms with van der Waals surface area (Å²) in [6.07, 6.45) is 1.68. The Kier molecular flexibility index (Phi) is 5.81. The number of aromatic amines is 1. The number of ketones is 1. The number of carbonyl (C=O) groups excluding carboxylic acids is 1. The second-order valence-corrected chi connectivity index (χ2v) is 9.08.